The van der Waals surface area contributed by atoms with Crippen LogP contribution in [0, 0.1) is 4.77 Å². The van der Waals surface area contributed by atoms with E-state index in [4.69, 9.17) is 12.2 Å². The average Bonchev–Trinajstić information content (AvgIpc) is 3.39. The van der Waals surface area contributed by atoms with E-state index in [0.717, 1.165) is 11.4 Å². The normalized spacial score (nSPS) is 11.1. The fourth-order valence-electron chi connectivity index (χ4n) is 3.69. The fourth-order valence-corrected chi connectivity index (χ4v) is 7.73. The van der Waals surface area contributed by atoms with Crippen LogP contribution in [-0.2, 0) is 0 Å². The molecule has 5 rings (SSSR count). The van der Waals surface area contributed by atoms with Crippen molar-refractivity contribution in [2.75, 3.05) is 10.7 Å². The van der Waals surface area contributed by atoms with Crippen molar-refractivity contribution in [3.05, 3.63) is 120 Å². The number of hydrogen-bond acceptors (Lipinski definition) is 6. The molecule has 4 N–H and O–H groups in total. The molecule has 0 aliphatic rings. The predicted molar refractivity (Wildman–Crippen MR) is 153 cm³/mol. The van der Waals surface area contributed by atoms with E-state index in [1.807, 2.05) is 66.7 Å². The number of carbonyl (C=O) groups is 1. The maximum absolute atomic E-state index is 12.9. The maximum atomic E-state index is 12.9. The first-order valence-corrected chi connectivity index (χ1v) is 15.7. The third-order valence-electron chi connectivity index (χ3n) is 5.58. The summed E-state index contributed by atoms with van der Waals surface area (Å²) >= 11 is 8.57. The number of tetrazole rings is 1. The Hall–Kier alpha value is -3.65. The van der Waals surface area contributed by atoms with E-state index in [1.54, 1.807) is 22.9 Å². The van der Waals surface area contributed by atoms with Crippen LogP contribution in [0.15, 0.2) is 109 Å². The van der Waals surface area contributed by atoms with Gasteiger partial charge < -0.3 is 0 Å². The quantitative estimate of drug-likeness (QED) is 0.0938. The molecule has 0 unspecified atom stereocenters. The molecule has 0 saturated carbocycles. The van der Waals surface area contributed by atoms with Gasteiger partial charge in [0.05, 0.1) is 0 Å². The molecule has 8 nitrogen and oxygen atoms in total. The molecule has 0 bridgehead atoms. The molecule has 1 aromatic heterocycles. The molecule has 0 atom stereocenters. The van der Waals surface area contributed by atoms with Gasteiger partial charge in [0.15, 0.2) is 0 Å². The van der Waals surface area contributed by atoms with Crippen LogP contribution in [0.3, 0.4) is 0 Å². The van der Waals surface area contributed by atoms with Gasteiger partial charge in [-0.1, -0.05) is 10.3 Å². The Morgan fingerprint density at radius 1 is 0.838 bits per heavy atom. The first-order valence-electron chi connectivity index (χ1n) is 11.3. The van der Waals surface area contributed by atoms with Crippen LogP contribution < -0.4 is 26.5 Å². The van der Waals surface area contributed by atoms with E-state index >= 15 is 0 Å². The molecule has 0 radical (unpaired) electrons. The summed E-state index contributed by atoms with van der Waals surface area (Å²) in [6.45, 7) is 0. The van der Waals surface area contributed by atoms with Crippen molar-refractivity contribution in [1.29, 1.82) is 0 Å². The zero-order chi connectivity index (χ0) is 25.7. The van der Waals surface area contributed by atoms with Gasteiger partial charge in [0, 0.05) is 0 Å². The van der Waals surface area contributed by atoms with Gasteiger partial charge in [-0.15, -0.1) is 0 Å². The number of amides is 1. The third-order valence-corrected chi connectivity index (χ3v) is 11.5. The van der Waals surface area contributed by atoms with Crippen LogP contribution in [0.2, 0.25) is 0 Å². The molecule has 1 amide bonds. The van der Waals surface area contributed by atoms with Crippen molar-refractivity contribution in [1.82, 2.24) is 25.4 Å². The van der Waals surface area contributed by atoms with Crippen LogP contribution >= 0.6 is 17.9 Å². The van der Waals surface area contributed by atoms with Crippen molar-refractivity contribution >= 4 is 60.9 Å². The Labute approximate surface area is 226 Å². The molecule has 11 heteroatoms. The molecule has 0 fully saturated rings. The Morgan fingerprint density at radius 3 is 2.08 bits per heavy atom. The van der Waals surface area contributed by atoms with Gasteiger partial charge in [0.1, 0.15) is 0 Å². The monoisotopic (exact) mass is 591 g/mol. The fraction of sp³-hybridized carbons (Fsp3) is 0. The van der Waals surface area contributed by atoms with Crippen molar-refractivity contribution in [2.24, 2.45) is 0 Å². The van der Waals surface area contributed by atoms with E-state index in [2.05, 4.69) is 70.8 Å². The Morgan fingerprint density at radius 2 is 1.49 bits per heavy atom. The molecule has 4 aromatic carbocycles. The number of nitrogens with one attached hydrogen (secondary N) is 4. The van der Waals surface area contributed by atoms with Gasteiger partial charge in [-0.25, -0.2) is 4.68 Å². The van der Waals surface area contributed by atoms with E-state index < -0.39 is 5.66 Å². The minimum absolute atomic E-state index is 0.220. The topological polar surface area (TPSA) is 99.7 Å². The van der Waals surface area contributed by atoms with Gasteiger partial charge in [-0.2, -0.15) is 5.21 Å². The molecule has 37 heavy (non-hydrogen) atoms. The number of aromatic nitrogens is 4. The molecule has 0 spiro atoms. The molecule has 184 valence electrons. The second-order valence-electron chi connectivity index (χ2n) is 8.02. The molecule has 0 aliphatic heterocycles. The van der Waals surface area contributed by atoms with Gasteiger partial charge in [0.2, 0.25) is 4.77 Å². The molecular weight excluding hydrogens is 568 g/mol. The zero-order valence-corrected chi connectivity index (χ0v) is 22.8. The van der Waals surface area contributed by atoms with Gasteiger partial charge >= 0.3 is 184 Å². The Bertz CT molecular complexity index is 1580. The van der Waals surface area contributed by atoms with Crippen molar-refractivity contribution in [3.63, 3.8) is 0 Å². The number of carbonyl (C=O) groups excluding carboxylic acids is 1. The minimum atomic E-state index is -2.03. The van der Waals surface area contributed by atoms with Gasteiger partial charge in [-0.05, 0) is 18.3 Å². The summed E-state index contributed by atoms with van der Waals surface area (Å²) in [7, 11) is 0. The van der Waals surface area contributed by atoms with Gasteiger partial charge in [0.25, 0.3) is 0 Å². The summed E-state index contributed by atoms with van der Waals surface area (Å²) in [5.74, 6) is -0.220. The molecule has 0 aliphatic carbocycles. The van der Waals surface area contributed by atoms with Crippen LogP contribution in [0.1, 0.15) is 10.4 Å². The molecule has 1 heterocycles. The standard InChI is InChI=1S/C26H22N7OPSSe/c34-25(27-21-8-7-9-22(18-21)33-26(36)29-30-31-33)19-14-16-20(17-15-19)28-32-35(37,23-10-3-1-4-11-23)24-12-5-2-6-13-24/h1-18,28H,(H,27,34)(H,32,37)(H,29,31,36). The predicted octanol–water partition coefficient (Wildman–Crippen LogP) is 4.16. The number of aromatic amines is 1. The molecular formula is C26H22N7OPSSe. The number of H-pyrrole nitrogens is 1. The number of benzene rings is 4. The number of hydrazine groups is 1. The van der Waals surface area contributed by atoms with E-state index in [1.165, 1.54) is 10.6 Å². The number of nitrogens with zero attached hydrogens (tertiary/aromatic N) is 3. The first-order chi connectivity index (χ1) is 18.0. The van der Waals surface area contributed by atoms with Crippen LogP contribution in [-0.4, -0.2) is 41.2 Å². The van der Waals surface area contributed by atoms with Crippen molar-refractivity contribution < 1.29 is 4.79 Å². The number of hydrogen-bond donors (Lipinski definition) is 4. The second kappa shape index (κ2) is 11.2. The summed E-state index contributed by atoms with van der Waals surface area (Å²) in [6.07, 6.45) is 0. The van der Waals surface area contributed by atoms with Crippen LogP contribution in [0.25, 0.3) is 5.69 Å². The summed E-state index contributed by atoms with van der Waals surface area (Å²) in [5, 5.41) is 19.0. The average molecular weight is 591 g/mol. The SMILES string of the molecule is O=C(Nc1cccc(-n2[nH]nnc2=S)c1)c1ccc(NNP(=[Se])(c2ccccc2)c2ccccc2)cc1. The summed E-state index contributed by atoms with van der Waals surface area (Å²) in [4.78, 5) is 12.9. The summed E-state index contributed by atoms with van der Waals surface area (Å²) in [6, 6.07) is 35.2. The van der Waals surface area contributed by atoms with Crippen LogP contribution in [0.4, 0.5) is 11.4 Å². The Kier molecular flexibility index (Phi) is 7.55. The summed E-state index contributed by atoms with van der Waals surface area (Å²) in [5.41, 5.74) is 4.03. The second-order valence-corrected chi connectivity index (χ2v) is 14.3. The first kappa shape index (κ1) is 25.0. The van der Waals surface area contributed by atoms with Crippen molar-refractivity contribution in [3.8, 4) is 5.69 Å². The third kappa shape index (κ3) is 5.69. The zero-order valence-electron chi connectivity index (χ0n) is 19.4. The number of anilines is 2. The summed E-state index contributed by atoms with van der Waals surface area (Å²) < 4.78 is 1.85. The Balaban J connectivity index is 1.29. The van der Waals surface area contributed by atoms with Gasteiger partial charge in [-0.3, -0.25) is 0 Å². The van der Waals surface area contributed by atoms with E-state index in [0.29, 0.717) is 16.0 Å². The van der Waals surface area contributed by atoms with Crippen molar-refractivity contribution in [2.45, 2.75) is 0 Å². The molecule has 0 saturated heterocycles. The van der Waals surface area contributed by atoms with E-state index in [9.17, 15) is 4.79 Å². The molecule has 5 aromatic rings. The van der Waals surface area contributed by atoms with Crippen LogP contribution in [0.5, 0.6) is 0 Å². The van der Waals surface area contributed by atoms with E-state index in [-0.39, 0.29) is 5.91 Å². The number of rotatable bonds is 8.